The summed E-state index contributed by atoms with van der Waals surface area (Å²) in [6, 6.07) is -0.149. The molecule has 0 bridgehead atoms. The number of rotatable bonds is 4. The molecule has 1 fully saturated rings. The number of carbonyl (C=O) groups excluding carboxylic acids is 2. The van der Waals surface area contributed by atoms with E-state index in [1.165, 1.54) is 0 Å². The Morgan fingerprint density at radius 1 is 1.15 bits per heavy atom. The highest BCUT2D eigenvalue weighted by molar-refractivity contribution is 5.86. The monoisotopic (exact) mass is 367 g/mol. The fourth-order valence-corrected chi connectivity index (χ4v) is 2.68. The number of hydrogen-bond acceptors (Lipinski definition) is 7. The van der Waals surface area contributed by atoms with Crippen LogP contribution in [0.3, 0.4) is 0 Å². The zero-order valence-corrected chi connectivity index (χ0v) is 16.4. The van der Waals surface area contributed by atoms with E-state index in [0.29, 0.717) is 38.1 Å². The summed E-state index contributed by atoms with van der Waals surface area (Å²) >= 11 is 0. The number of piperazine rings is 1. The highest BCUT2D eigenvalue weighted by atomic mass is 16.6. The van der Waals surface area contributed by atoms with Crippen molar-refractivity contribution in [1.29, 1.82) is 0 Å². The van der Waals surface area contributed by atoms with Crippen LogP contribution in [-0.2, 0) is 9.53 Å². The maximum absolute atomic E-state index is 12.9. The third-order valence-corrected chi connectivity index (χ3v) is 3.98. The van der Waals surface area contributed by atoms with E-state index in [-0.39, 0.29) is 11.8 Å². The summed E-state index contributed by atoms with van der Waals surface area (Å²) in [5, 5.41) is 10.5. The number of alkyl carbamates (subject to hydrolysis) is 1. The molecule has 0 aliphatic carbocycles. The molecule has 1 aromatic rings. The Bertz CT molecular complexity index is 629. The van der Waals surface area contributed by atoms with Crippen LogP contribution in [0.15, 0.2) is 4.42 Å². The number of aryl methyl sites for hydroxylation is 1. The summed E-state index contributed by atoms with van der Waals surface area (Å²) in [4.78, 5) is 28.6. The average Bonchev–Trinajstić information content (AvgIpc) is 2.97. The van der Waals surface area contributed by atoms with Crippen LogP contribution in [0.4, 0.5) is 10.8 Å². The minimum Gasteiger partial charge on any atom is -0.444 e. The Morgan fingerprint density at radius 3 is 2.23 bits per heavy atom. The lowest BCUT2D eigenvalue weighted by atomic mass is 10.0. The third kappa shape index (κ3) is 5.34. The van der Waals surface area contributed by atoms with Crippen molar-refractivity contribution in [2.75, 3.05) is 31.1 Å². The smallest absolute Gasteiger partial charge is 0.408 e. The Hall–Kier alpha value is -2.32. The van der Waals surface area contributed by atoms with Crippen LogP contribution < -0.4 is 10.2 Å². The molecule has 0 saturated carbocycles. The molecule has 146 valence electrons. The zero-order chi connectivity index (χ0) is 19.5. The van der Waals surface area contributed by atoms with Gasteiger partial charge in [0.25, 0.3) is 0 Å². The van der Waals surface area contributed by atoms with Gasteiger partial charge in [-0.05, 0) is 26.7 Å². The van der Waals surface area contributed by atoms with Crippen molar-refractivity contribution in [2.24, 2.45) is 5.92 Å². The molecular weight excluding hydrogens is 338 g/mol. The van der Waals surface area contributed by atoms with Gasteiger partial charge in [-0.3, -0.25) is 4.79 Å². The number of ether oxygens (including phenoxy) is 1. The first kappa shape index (κ1) is 20.0. The van der Waals surface area contributed by atoms with E-state index in [2.05, 4.69) is 15.5 Å². The second kappa shape index (κ2) is 7.92. The number of amides is 2. The SMILES string of the molecule is Cc1nnc(N2CCN(C(=O)C(NC(=O)OC(C)(C)C)C(C)C)CC2)o1. The highest BCUT2D eigenvalue weighted by Gasteiger charge is 2.32. The van der Waals surface area contributed by atoms with Gasteiger partial charge in [0.15, 0.2) is 0 Å². The molecule has 1 aliphatic rings. The number of anilines is 1. The van der Waals surface area contributed by atoms with Crippen molar-refractivity contribution in [3.8, 4) is 0 Å². The van der Waals surface area contributed by atoms with Crippen LogP contribution in [-0.4, -0.2) is 64.9 Å². The lowest BCUT2D eigenvalue weighted by Crippen LogP contribution is -2.57. The molecular formula is C17H29N5O4. The first-order valence-corrected chi connectivity index (χ1v) is 8.90. The van der Waals surface area contributed by atoms with Gasteiger partial charge in [0.2, 0.25) is 11.8 Å². The molecule has 0 spiro atoms. The van der Waals surface area contributed by atoms with Gasteiger partial charge in [0.05, 0.1) is 0 Å². The van der Waals surface area contributed by atoms with E-state index in [1.54, 1.807) is 32.6 Å². The Balaban J connectivity index is 1.94. The number of hydrogen-bond donors (Lipinski definition) is 1. The number of nitrogens with zero attached hydrogens (tertiary/aromatic N) is 4. The fraction of sp³-hybridized carbons (Fsp3) is 0.765. The first-order valence-electron chi connectivity index (χ1n) is 8.90. The Labute approximate surface area is 154 Å². The van der Waals surface area contributed by atoms with E-state index in [1.807, 2.05) is 18.7 Å². The van der Waals surface area contributed by atoms with Crippen LogP contribution in [0, 0.1) is 12.8 Å². The van der Waals surface area contributed by atoms with Gasteiger partial charge in [0.1, 0.15) is 11.6 Å². The summed E-state index contributed by atoms with van der Waals surface area (Å²) in [7, 11) is 0. The molecule has 2 amide bonds. The average molecular weight is 367 g/mol. The van der Waals surface area contributed by atoms with Gasteiger partial charge in [-0.25, -0.2) is 4.79 Å². The predicted octanol–water partition coefficient (Wildman–Crippen LogP) is 1.58. The van der Waals surface area contributed by atoms with Gasteiger partial charge in [-0.2, -0.15) is 0 Å². The molecule has 1 aliphatic heterocycles. The van der Waals surface area contributed by atoms with Crippen molar-refractivity contribution in [1.82, 2.24) is 20.4 Å². The topological polar surface area (TPSA) is 101 Å². The van der Waals surface area contributed by atoms with E-state index < -0.39 is 17.7 Å². The van der Waals surface area contributed by atoms with E-state index in [4.69, 9.17) is 9.15 Å². The van der Waals surface area contributed by atoms with Gasteiger partial charge < -0.3 is 24.3 Å². The van der Waals surface area contributed by atoms with Crippen LogP contribution in [0.25, 0.3) is 0 Å². The molecule has 2 heterocycles. The quantitative estimate of drug-likeness (QED) is 0.862. The summed E-state index contributed by atoms with van der Waals surface area (Å²) < 4.78 is 10.7. The number of aromatic nitrogens is 2. The van der Waals surface area contributed by atoms with Gasteiger partial charge in [0, 0.05) is 33.1 Å². The molecule has 0 radical (unpaired) electrons. The van der Waals surface area contributed by atoms with Crippen LogP contribution >= 0.6 is 0 Å². The zero-order valence-electron chi connectivity index (χ0n) is 16.4. The predicted molar refractivity (Wildman–Crippen MR) is 95.8 cm³/mol. The summed E-state index contributed by atoms with van der Waals surface area (Å²) in [6.07, 6.45) is -0.579. The second-order valence-electron chi connectivity index (χ2n) is 7.78. The van der Waals surface area contributed by atoms with Crippen molar-refractivity contribution in [3.05, 3.63) is 5.89 Å². The van der Waals surface area contributed by atoms with Crippen LogP contribution in [0.2, 0.25) is 0 Å². The molecule has 26 heavy (non-hydrogen) atoms. The lowest BCUT2D eigenvalue weighted by molar-refractivity contribution is -0.134. The molecule has 2 rings (SSSR count). The van der Waals surface area contributed by atoms with Crippen molar-refractivity contribution >= 4 is 18.0 Å². The minimum atomic E-state index is -0.623. The first-order chi connectivity index (χ1) is 12.1. The van der Waals surface area contributed by atoms with Gasteiger partial charge >= 0.3 is 12.1 Å². The standard InChI is InChI=1S/C17H29N5O4/c1-11(2)13(18-16(24)26-17(4,5)6)14(23)21-7-9-22(10-8-21)15-20-19-12(3)25-15/h11,13H,7-10H2,1-6H3,(H,18,24). The highest BCUT2D eigenvalue weighted by Crippen LogP contribution is 2.16. The maximum atomic E-state index is 12.9. The minimum absolute atomic E-state index is 0.0494. The molecule has 1 unspecified atom stereocenters. The Kier molecular flexibility index (Phi) is 6.09. The van der Waals surface area contributed by atoms with Crippen molar-refractivity contribution in [3.63, 3.8) is 0 Å². The molecule has 9 heteroatoms. The molecule has 1 atom stereocenters. The van der Waals surface area contributed by atoms with E-state index in [0.717, 1.165) is 0 Å². The lowest BCUT2D eigenvalue weighted by Gasteiger charge is -2.36. The summed E-state index contributed by atoms with van der Waals surface area (Å²) in [5.41, 5.74) is -0.609. The van der Waals surface area contributed by atoms with Crippen LogP contribution in [0.1, 0.15) is 40.5 Å². The Morgan fingerprint density at radius 2 is 1.77 bits per heavy atom. The van der Waals surface area contributed by atoms with Gasteiger partial charge in [-0.1, -0.05) is 18.9 Å². The third-order valence-electron chi connectivity index (χ3n) is 3.98. The van der Waals surface area contributed by atoms with Crippen molar-refractivity contribution in [2.45, 2.75) is 53.2 Å². The number of nitrogens with one attached hydrogen (secondary N) is 1. The number of carbonyl (C=O) groups is 2. The summed E-state index contributed by atoms with van der Waals surface area (Å²) in [5.74, 6) is 0.360. The normalized spacial score (nSPS) is 16.6. The molecule has 1 aromatic heterocycles. The fourth-order valence-electron chi connectivity index (χ4n) is 2.68. The molecule has 1 N–H and O–H groups in total. The molecule has 9 nitrogen and oxygen atoms in total. The molecule has 1 saturated heterocycles. The largest absolute Gasteiger partial charge is 0.444 e. The maximum Gasteiger partial charge on any atom is 0.408 e. The van der Waals surface area contributed by atoms with Gasteiger partial charge in [-0.15, -0.1) is 5.10 Å². The van der Waals surface area contributed by atoms with E-state index in [9.17, 15) is 9.59 Å². The van der Waals surface area contributed by atoms with Crippen molar-refractivity contribution < 1.29 is 18.7 Å². The summed E-state index contributed by atoms with van der Waals surface area (Å²) in [6.45, 7) is 13.2. The van der Waals surface area contributed by atoms with Crippen LogP contribution in [0.5, 0.6) is 0 Å². The molecule has 0 aromatic carbocycles. The van der Waals surface area contributed by atoms with E-state index >= 15 is 0 Å². The second-order valence-corrected chi connectivity index (χ2v) is 7.78.